The quantitative estimate of drug-likeness (QED) is 0.188. The lowest BCUT2D eigenvalue weighted by Crippen LogP contribution is -2.71. The molecule has 0 radical (unpaired) electrons. The molecular formula is C44H39N7. The summed E-state index contributed by atoms with van der Waals surface area (Å²) in [6.45, 7) is 7.12. The number of aryl methyl sites for hydroxylation is 1. The molecular weight excluding hydrogens is 627 g/mol. The van der Waals surface area contributed by atoms with Gasteiger partial charge in [0.1, 0.15) is 18.0 Å². The van der Waals surface area contributed by atoms with Gasteiger partial charge >= 0.3 is 0 Å². The van der Waals surface area contributed by atoms with Crippen LogP contribution in [0.25, 0.3) is 11.4 Å². The number of nitrogens with zero attached hydrogens (tertiary/aromatic N) is 7. The van der Waals surface area contributed by atoms with Crippen LogP contribution in [0.2, 0.25) is 0 Å². The molecule has 4 aliphatic rings. The van der Waals surface area contributed by atoms with Gasteiger partial charge in [-0.25, -0.2) is 15.0 Å². The van der Waals surface area contributed by atoms with Crippen LogP contribution in [0.1, 0.15) is 36.1 Å². The summed E-state index contributed by atoms with van der Waals surface area (Å²) in [5.74, 6) is 2.63. The minimum Gasteiger partial charge on any atom is -0.336 e. The molecule has 0 amide bonds. The molecule has 0 fully saturated rings. The molecule has 7 heteroatoms. The summed E-state index contributed by atoms with van der Waals surface area (Å²) in [5, 5.41) is 7.96. The molecule has 1 aromatic heterocycles. The minimum atomic E-state index is -0.478. The number of rotatable bonds is 3. The van der Waals surface area contributed by atoms with Gasteiger partial charge in [-0.15, -0.1) is 0 Å². The highest BCUT2D eigenvalue weighted by Crippen LogP contribution is 2.66. The van der Waals surface area contributed by atoms with E-state index < -0.39 is 5.41 Å². The lowest BCUT2D eigenvalue weighted by Gasteiger charge is -2.61. The van der Waals surface area contributed by atoms with E-state index in [1.807, 2.05) is 6.20 Å². The number of amidine groups is 1. The highest BCUT2D eigenvalue weighted by molar-refractivity contribution is 6.13. The summed E-state index contributed by atoms with van der Waals surface area (Å²) in [6, 6.07) is 47.7. The van der Waals surface area contributed by atoms with Gasteiger partial charge in [0.25, 0.3) is 0 Å². The van der Waals surface area contributed by atoms with E-state index in [1.165, 1.54) is 16.8 Å². The van der Waals surface area contributed by atoms with Crippen molar-refractivity contribution >= 4 is 34.4 Å². The number of aromatic nitrogens is 2. The van der Waals surface area contributed by atoms with Gasteiger partial charge in [-0.05, 0) is 54.3 Å². The van der Waals surface area contributed by atoms with Crippen molar-refractivity contribution < 1.29 is 0 Å². The number of para-hydroxylation sites is 3. The number of benzene rings is 5. The van der Waals surface area contributed by atoms with Crippen molar-refractivity contribution in [3.05, 3.63) is 162 Å². The molecule has 0 saturated carbocycles. The average Bonchev–Trinajstić information content (AvgIpc) is 3.69. The molecule has 51 heavy (non-hydrogen) atoms. The van der Waals surface area contributed by atoms with Crippen molar-refractivity contribution in [1.82, 2.24) is 9.97 Å². The number of hydrogen-bond donors (Lipinski definition) is 0. The van der Waals surface area contributed by atoms with E-state index in [1.54, 1.807) is 0 Å². The van der Waals surface area contributed by atoms with E-state index >= 15 is 0 Å². The van der Waals surface area contributed by atoms with Gasteiger partial charge in [-0.3, -0.25) is 0 Å². The molecule has 0 bridgehead atoms. The fourth-order valence-corrected chi connectivity index (χ4v) is 9.57. The Hall–Kier alpha value is -5.95. The SMILES string of the molecule is Cc1ccccc1-c1ncc2c(n1)N(C)C1N2c2ccccc2C2(C)Cc3ccccc3N3N=C(c4ccccc4)N(c4ccccc4)C3C12C. The molecule has 0 aliphatic carbocycles. The van der Waals surface area contributed by atoms with Crippen LogP contribution in [-0.4, -0.2) is 35.2 Å². The molecule has 0 N–H and O–H groups in total. The topological polar surface area (TPSA) is 51.1 Å². The second kappa shape index (κ2) is 10.8. The predicted molar refractivity (Wildman–Crippen MR) is 207 cm³/mol. The van der Waals surface area contributed by atoms with Crippen molar-refractivity contribution in [1.29, 1.82) is 0 Å². The second-order valence-electron chi connectivity index (χ2n) is 14.7. The summed E-state index contributed by atoms with van der Waals surface area (Å²) < 4.78 is 0. The highest BCUT2D eigenvalue weighted by atomic mass is 15.6. The van der Waals surface area contributed by atoms with E-state index in [4.69, 9.17) is 15.1 Å². The largest absolute Gasteiger partial charge is 0.336 e. The van der Waals surface area contributed by atoms with E-state index in [0.29, 0.717) is 0 Å². The van der Waals surface area contributed by atoms with Gasteiger partial charge in [0.2, 0.25) is 0 Å². The Morgan fingerprint density at radius 3 is 2.12 bits per heavy atom. The maximum atomic E-state index is 5.63. The van der Waals surface area contributed by atoms with Crippen molar-refractivity contribution in [2.24, 2.45) is 10.5 Å². The number of hydrazone groups is 1. The molecule has 4 unspecified atom stereocenters. The highest BCUT2D eigenvalue weighted by Gasteiger charge is 2.69. The van der Waals surface area contributed by atoms with Gasteiger partial charge < -0.3 is 14.7 Å². The average molecular weight is 666 g/mol. The molecule has 4 atom stereocenters. The predicted octanol–water partition coefficient (Wildman–Crippen LogP) is 8.91. The van der Waals surface area contributed by atoms with Crippen LogP contribution in [-0.2, 0) is 11.8 Å². The lowest BCUT2D eigenvalue weighted by molar-refractivity contribution is 0.0771. The first-order valence-electron chi connectivity index (χ1n) is 17.8. The first-order valence-corrected chi connectivity index (χ1v) is 17.8. The van der Waals surface area contributed by atoms with Crippen molar-refractivity contribution in [3.63, 3.8) is 0 Å². The number of anilines is 5. The lowest BCUT2D eigenvalue weighted by atomic mass is 9.54. The Morgan fingerprint density at radius 2 is 1.33 bits per heavy atom. The van der Waals surface area contributed by atoms with Crippen LogP contribution in [0.4, 0.5) is 28.6 Å². The van der Waals surface area contributed by atoms with Crippen LogP contribution in [0.15, 0.2) is 145 Å². The Bertz CT molecular complexity index is 2360. The fourth-order valence-electron chi connectivity index (χ4n) is 9.57. The third kappa shape index (κ3) is 3.97. The Labute approximate surface area is 299 Å². The Kier molecular flexibility index (Phi) is 6.32. The van der Waals surface area contributed by atoms with Crippen LogP contribution in [0, 0.1) is 12.3 Å². The minimum absolute atomic E-state index is 0.118. The summed E-state index contributed by atoms with van der Waals surface area (Å²) >= 11 is 0. The van der Waals surface area contributed by atoms with Gasteiger partial charge in [0.05, 0.1) is 17.3 Å². The van der Waals surface area contributed by atoms with E-state index in [0.717, 1.165) is 57.7 Å². The molecule has 250 valence electrons. The first kappa shape index (κ1) is 29.9. The van der Waals surface area contributed by atoms with E-state index in [-0.39, 0.29) is 17.7 Å². The molecule has 6 aromatic rings. The zero-order valence-electron chi connectivity index (χ0n) is 29.3. The van der Waals surface area contributed by atoms with Crippen LogP contribution < -0.4 is 19.7 Å². The normalized spacial score (nSPS) is 24.1. The molecule has 5 heterocycles. The molecule has 7 nitrogen and oxygen atoms in total. The van der Waals surface area contributed by atoms with Crippen LogP contribution in [0.5, 0.6) is 0 Å². The fraction of sp³-hybridized carbons (Fsp3) is 0.205. The summed E-state index contributed by atoms with van der Waals surface area (Å²) in [4.78, 5) is 17.8. The third-order valence-corrected chi connectivity index (χ3v) is 12.1. The summed E-state index contributed by atoms with van der Waals surface area (Å²) in [5.41, 5.74) is 9.60. The van der Waals surface area contributed by atoms with Crippen LogP contribution >= 0.6 is 0 Å². The maximum Gasteiger partial charge on any atom is 0.162 e. The monoisotopic (exact) mass is 665 g/mol. The summed E-state index contributed by atoms with van der Waals surface area (Å²) in [6.07, 6.45) is 2.58. The summed E-state index contributed by atoms with van der Waals surface area (Å²) in [7, 11) is 2.22. The molecule has 0 saturated heterocycles. The molecule has 10 rings (SSSR count). The molecule has 5 aromatic carbocycles. The second-order valence-corrected chi connectivity index (χ2v) is 14.7. The Morgan fingerprint density at radius 1 is 0.667 bits per heavy atom. The Balaban J connectivity index is 1.26. The van der Waals surface area contributed by atoms with Crippen molar-refractivity contribution in [3.8, 4) is 11.4 Å². The first-order chi connectivity index (χ1) is 24.9. The zero-order valence-corrected chi connectivity index (χ0v) is 29.3. The third-order valence-electron chi connectivity index (χ3n) is 12.1. The number of hydrogen-bond acceptors (Lipinski definition) is 7. The van der Waals surface area contributed by atoms with Gasteiger partial charge in [-0.1, -0.05) is 123 Å². The van der Waals surface area contributed by atoms with Crippen molar-refractivity contribution in [2.45, 2.75) is 44.9 Å². The van der Waals surface area contributed by atoms with Gasteiger partial charge in [0.15, 0.2) is 17.5 Å². The smallest absolute Gasteiger partial charge is 0.162 e. The molecule has 0 spiro atoms. The van der Waals surface area contributed by atoms with Gasteiger partial charge in [0, 0.05) is 35.0 Å². The zero-order chi connectivity index (χ0) is 34.5. The molecule has 4 aliphatic heterocycles. The van der Waals surface area contributed by atoms with E-state index in [9.17, 15) is 0 Å². The number of fused-ring (bicyclic) bond motifs is 12. The van der Waals surface area contributed by atoms with Gasteiger partial charge in [-0.2, -0.15) is 5.10 Å². The van der Waals surface area contributed by atoms with Crippen LogP contribution in [0.3, 0.4) is 0 Å². The van der Waals surface area contributed by atoms with E-state index in [2.05, 4.69) is 181 Å². The van der Waals surface area contributed by atoms with Crippen molar-refractivity contribution in [2.75, 3.05) is 26.8 Å². The maximum absolute atomic E-state index is 5.63. The standard InChI is InChI=1S/C44H39N7/c1-29-17-11-13-23-33(29)38-45-28-37-40(46-38)48(4)41-44(3)42-49(32-21-9-6-10-22-32)39(30-18-7-5-8-19-30)47-51(42)35-25-15-12-20-31(35)27-43(44,2)34-24-14-16-26-36(34)50(37)41/h5-26,28,41-42H,27H2,1-4H3.